The van der Waals surface area contributed by atoms with Gasteiger partial charge in [0.15, 0.2) is 0 Å². The minimum atomic E-state index is -4.31. The lowest BCUT2D eigenvalue weighted by atomic mass is 10.4. The Morgan fingerprint density at radius 1 is 0.800 bits per heavy atom. The van der Waals surface area contributed by atoms with Crippen LogP contribution in [-0.2, 0) is 23.2 Å². The first kappa shape index (κ1) is 23.7. The third kappa shape index (κ3) is 11.8. The maximum absolute atomic E-state index is 11.2. The summed E-state index contributed by atoms with van der Waals surface area (Å²) in [4.78, 5) is 61.4. The Balaban J connectivity index is 4.14. The van der Waals surface area contributed by atoms with E-state index in [4.69, 9.17) is 13.6 Å². The van der Waals surface area contributed by atoms with Gasteiger partial charge in [0, 0.05) is 23.2 Å². The molecule has 0 atom stereocenters. The SMILES string of the molecule is C=C(C)C(=O)OCCC[Si](O)(O)O[Si](O)(O)CCCOC(=O)C(=C)C. The highest BCUT2D eigenvalue weighted by Crippen LogP contribution is 2.16. The Hall–Kier alpha value is -1.35. The zero-order valence-corrected chi connectivity index (χ0v) is 16.5. The Morgan fingerprint density at radius 2 is 1.12 bits per heavy atom. The third-order valence-electron chi connectivity index (χ3n) is 2.78. The van der Waals surface area contributed by atoms with E-state index >= 15 is 0 Å². The van der Waals surface area contributed by atoms with Crippen LogP contribution in [0.15, 0.2) is 24.3 Å². The van der Waals surface area contributed by atoms with Crippen molar-refractivity contribution in [3.63, 3.8) is 0 Å². The van der Waals surface area contributed by atoms with Crippen LogP contribution in [-0.4, -0.2) is 61.9 Å². The van der Waals surface area contributed by atoms with Gasteiger partial charge in [0.1, 0.15) is 0 Å². The van der Waals surface area contributed by atoms with Crippen molar-refractivity contribution in [2.75, 3.05) is 13.2 Å². The quantitative estimate of drug-likeness (QED) is 0.154. The third-order valence-corrected chi connectivity index (χ3v) is 7.41. The number of ether oxygens (including phenoxy) is 2. The lowest BCUT2D eigenvalue weighted by Crippen LogP contribution is -2.53. The van der Waals surface area contributed by atoms with E-state index in [9.17, 15) is 28.8 Å². The Morgan fingerprint density at radius 3 is 1.40 bits per heavy atom. The summed E-state index contributed by atoms with van der Waals surface area (Å²) >= 11 is 0. The summed E-state index contributed by atoms with van der Waals surface area (Å²) in [7, 11) is -8.62. The largest absolute Gasteiger partial charge is 0.488 e. The van der Waals surface area contributed by atoms with E-state index in [-0.39, 0.29) is 49.3 Å². The first-order valence-corrected chi connectivity index (χ1v) is 11.6. The predicted molar refractivity (Wildman–Crippen MR) is 91.9 cm³/mol. The standard InChI is InChI=1S/C14H26O9Si2/c1-11(2)13(15)21-7-5-9-24(17,18)23-25(19,20)10-6-8-22-14(16)12(3)4/h17-20H,1,3,5-10H2,2,4H3. The van der Waals surface area contributed by atoms with Gasteiger partial charge in [-0.15, -0.1) is 0 Å². The number of esters is 2. The summed E-state index contributed by atoms with van der Waals surface area (Å²) in [5, 5.41) is 0. The Bertz CT molecular complexity index is 459. The van der Waals surface area contributed by atoms with E-state index in [0.29, 0.717) is 0 Å². The maximum atomic E-state index is 11.2. The Labute approximate surface area is 148 Å². The number of hydrogen-bond acceptors (Lipinski definition) is 9. The van der Waals surface area contributed by atoms with Crippen molar-refractivity contribution in [1.82, 2.24) is 0 Å². The van der Waals surface area contributed by atoms with Crippen LogP contribution in [0.25, 0.3) is 0 Å². The minimum absolute atomic E-state index is 0.0762. The van der Waals surface area contributed by atoms with E-state index in [2.05, 4.69) is 13.2 Å². The molecule has 0 heterocycles. The first-order valence-electron chi connectivity index (χ1n) is 7.61. The summed E-state index contributed by atoms with van der Waals surface area (Å²) in [5.41, 5.74) is 0.439. The molecule has 9 nitrogen and oxygen atoms in total. The van der Waals surface area contributed by atoms with Gasteiger partial charge in [-0.2, -0.15) is 0 Å². The van der Waals surface area contributed by atoms with Crippen LogP contribution >= 0.6 is 0 Å². The zero-order chi connectivity index (χ0) is 19.7. The molecular formula is C14H26O9Si2. The summed E-state index contributed by atoms with van der Waals surface area (Å²) in [5.74, 6) is -1.19. The fourth-order valence-electron chi connectivity index (χ4n) is 1.54. The molecule has 25 heavy (non-hydrogen) atoms. The van der Waals surface area contributed by atoms with Gasteiger partial charge in [-0.05, 0) is 26.7 Å². The molecule has 0 aliphatic carbocycles. The topological polar surface area (TPSA) is 143 Å². The zero-order valence-electron chi connectivity index (χ0n) is 14.5. The highest BCUT2D eigenvalue weighted by atomic mass is 28.5. The van der Waals surface area contributed by atoms with Crippen LogP contribution in [0, 0.1) is 0 Å². The molecule has 0 aromatic rings. The van der Waals surface area contributed by atoms with Gasteiger partial charge in [0.05, 0.1) is 13.2 Å². The lowest BCUT2D eigenvalue weighted by Gasteiger charge is -2.25. The van der Waals surface area contributed by atoms with Gasteiger partial charge in [0.25, 0.3) is 0 Å². The average molecular weight is 395 g/mol. The summed E-state index contributed by atoms with van der Waals surface area (Å²) in [6, 6.07) is -0.534. The molecule has 0 rings (SSSR count). The van der Waals surface area contributed by atoms with Crippen molar-refractivity contribution >= 4 is 29.5 Å². The fraction of sp³-hybridized carbons (Fsp3) is 0.571. The number of carbonyl (C=O) groups is 2. The second-order valence-electron chi connectivity index (χ2n) is 5.63. The predicted octanol–water partition coefficient (Wildman–Crippen LogP) is -0.131. The molecule has 0 saturated heterocycles. The summed E-state index contributed by atoms with van der Waals surface area (Å²) in [6.45, 7) is 9.61. The van der Waals surface area contributed by atoms with E-state index in [1.165, 1.54) is 13.8 Å². The fourth-order valence-corrected chi connectivity index (χ4v) is 5.67. The van der Waals surface area contributed by atoms with Gasteiger partial charge < -0.3 is 32.8 Å². The summed E-state index contributed by atoms with van der Waals surface area (Å²) < 4.78 is 14.3. The smallest absolute Gasteiger partial charge is 0.462 e. The lowest BCUT2D eigenvalue weighted by molar-refractivity contribution is -0.139. The molecule has 0 fully saturated rings. The van der Waals surface area contributed by atoms with Gasteiger partial charge in [-0.25, -0.2) is 9.59 Å². The van der Waals surface area contributed by atoms with Gasteiger partial charge in [-0.3, -0.25) is 0 Å². The molecular weight excluding hydrogens is 368 g/mol. The maximum Gasteiger partial charge on any atom is 0.488 e. The molecule has 144 valence electrons. The molecule has 11 heteroatoms. The minimum Gasteiger partial charge on any atom is -0.462 e. The van der Waals surface area contributed by atoms with Crippen LogP contribution in [0.3, 0.4) is 0 Å². The van der Waals surface area contributed by atoms with Gasteiger partial charge in [-0.1, -0.05) is 13.2 Å². The molecule has 0 bridgehead atoms. The van der Waals surface area contributed by atoms with Crippen molar-refractivity contribution in [2.45, 2.75) is 38.8 Å². The number of rotatable bonds is 12. The van der Waals surface area contributed by atoms with Crippen LogP contribution in [0.2, 0.25) is 12.1 Å². The van der Waals surface area contributed by atoms with Crippen LogP contribution in [0.4, 0.5) is 0 Å². The molecule has 0 aliphatic heterocycles. The van der Waals surface area contributed by atoms with E-state index in [1.807, 2.05) is 0 Å². The van der Waals surface area contributed by atoms with Crippen molar-refractivity contribution in [3.05, 3.63) is 24.3 Å². The van der Waals surface area contributed by atoms with Crippen molar-refractivity contribution in [3.8, 4) is 0 Å². The molecule has 0 aromatic heterocycles. The average Bonchev–Trinajstić information content (AvgIpc) is 2.46. The van der Waals surface area contributed by atoms with E-state index < -0.39 is 29.5 Å². The Kier molecular flexibility index (Phi) is 10.0. The van der Waals surface area contributed by atoms with Gasteiger partial charge in [0.2, 0.25) is 0 Å². The van der Waals surface area contributed by atoms with E-state index in [0.717, 1.165) is 0 Å². The first-order chi connectivity index (χ1) is 11.4. The molecule has 4 N–H and O–H groups in total. The normalized spacial score (nSPS) is 11.8. The monoisotopic (exact) mass is 394 g/mol. The second-order valence-corrected chi connectivity index (χ2v) is 10.4. The van der Waals surface area contributed by atoms with Crippen molar-refractivity contribution < 1.29 is 42.4 Å². The second kappa shape index (κ2) is 10.6. The van der Waals surface area contributed by atoms with Crippen molar-refractivity contribution in [2.24, 2.45) is 0 Å². The summed E-state index contributed by atoms with van der Waals surface area (Å²) in [6.07, 6.45) is 0.165. The van der Waals surface area contributed by atoms with Crippen molar-refractivity contribution in [1.29, 1.82) is 0 Å². The highest BCUT2D eigenvalue weighted by molar-refractivity contribution is 6.72. The number of hydrogen-bond donors (Lipinski definition) is 4. The van der Waals surface area contributed by atoms with Crippen LogP contribution in [0.1, 0.15) is 26.7 Å². The van der Waals surface area contributed by atoms with E-state index in [1.54, 1.807) is 0 Å². The van der Waals surface area contributed by atoms with Gasteiger partial charge >= 0.3 is 29.5 Å². The number of carbonyl (C=O) groups excluding carboxylic acids is 2. The van der Waals surface area contributed by atoms with Crippen LogP contribution in [0.5, 0.6) is 0 Å². The molecule has 0 unspecified atom stereocenters. The molecule has 0 aliphatic rings. The molecule has 0 spiro atoms. The highest BCUT2D eigenvalue weighted by Gasteiger charge is 2.44. The molecule has 0 radical (unpaired) electrons. The molecule has 0 saturated carbocycles. The molecule has 0 aromatic carbocycles. The molecule has 0 amide bonds. The van der Waals surface area contributed by atoms with Crippen LogP contribution < -0.4 is 0 Å².